The van der Waals surface area contributed by atoms with E-state index in [0.29, 0.717) is 30.9 Å². The summed E-state index contributed by atoms with van der Waals surface area (Å²) < 4.78 is 0. The molecule has 2 rings (SSSR count). The van der Waals surface area contributed by atoms with Gasteiger partial charge in [-0.15, -0.1) is 0 Å². The molecule has 0 saturated heterocycles. The number of hydrogen-bond acceptors (Lipinski definition) is 4. The Labute approximate surface area is 112 Å². The molecule has 0 bridgehead atoms. The summed E-state index contributed by atoms with van der Waals surface area (Å²) in [6.07, 6.45) is 3.69. The van der Waals surface area contributed by atoms with Crippen LogP contribution in [0.1, 0.15) is 23.8 Å². The first-order valence-electron chi connectivity index (χ1n) is 6.31. The Hall–Kier alpha value is -2.17. The van der Waals surface area contributed by atoms with E-state index in [1.807, 2.05) is 11.9 Å². The highest BCUT2D eigenvalue weighted by atomic mass is 16.2. The standard InChI is InChI=1S/C14H17N3O2/c1-3-13(18)12-10-16(2)8-9-17(12)14(19)11-6-4-5-7-15-11/h4-7,10H,3,8-9H2,1-2H3. The van der Waals surface area contributed by atoms with Gasteiger partial charge in [0.1, 0.15) is 11.4 Å². The van der Waals surface area contributed by atoms with Crippen LogP contribution in [-0.4, -0.2) is 46.6 Å². The van der Waals surface area contributed by atoms with Gasteiger partial charge in [0.25, 0.3) is 5.91 Å². The molecule has 2 heterocycles. The van der Waals surface area contributed by atoms with Crippen molar-refractivity contribution < 1.29 is 9.59 Å². The van der Waals surface area contributed by atoms with Crippen molar-refractivity contribution in [2.45, 2.75) is 13.3 Å². The van der Waals surface area contributed by atoms with E-state index >= 15 is 0 Å². The molecule has 5 nitrogen and oxygen atoms in total. The molecule has 0 N–H and O–H groups in total. The average Bonchev–Trinajstić information content (AvgIpc) is 2.46. The van der Waals surface area contributed by atoms with E-state index in [0.717, 1.165) is 0 Å². The summed E-state index contributed by atoms with van der Waals surface area (Å²) in [5.74, 6) is -0.252. The van der Waals surface area contributed by atoms with E-state index in [2.05, 4.69) is 4.98 Å². The molecule has 0 spiro atoms. The third kappa shape index (κ3) is 2.81. The fourth-order valence-electron chi connectivity index (χ4n) is 1.96. The predicted molar refractivity (Wildman–Crippen MR) is 71.3 cm³/mol. The number of aromatic nitrogens is 1. The van der Waals surface area contributed by atoms with Crippen LogP contribution in [0.25, 0.3) is 0 Å². The number of hydrogen-bond donors (Lipinski definition) is 0. The maximum Gasteiger partial charge on any atom is 0.277 e. The third-order valence-corrected chi connectivity index (χ3v) is 3.05. The molecule has 100 valence electrons. The maximum absolute atomic E-state index is 12.4. The summed E-state index contributed by atoms with van der Waals surface area (Å²) in [5, 5.41) is 0. The number of carbonyl (C=O) groups excluding carboxylic acids is 2. The Morgan fingerprint density at radius 3 is 2.74 bits per heavy atom. The molecule has 0 fully saturated rings. The number of amides is 1. The lowest BCUT2D eigenvalue weighted by atomic mass is 10.1. The van der Waals surface area contributed by atoms with Crippen LogP contribution < -0.4 is 0 Å². The molecule has 0 radical (unpaired) electrons. The van der Waals surface area contributed by atoms with Gasteiger partial charge in [0.2, 0.25) is 0 Å². The van der Waals surface area contributed by atoms with Crippen LogP contribution in [0.15, 0.2) is 36.3 Å². The van der Waals surface area contributed by atoms with Crippen LogP contribution >= 0.6 is 0 Å². The Morgan fingerprint density at radius 1 is 1.32 bits per heavy atom. The van der Waals surface area contributed by atoms with Crippen LogP contribution in [0.5, 0.6) is 0 Å². The number of pyridine rings is 1. The molecule has 5 heteroatoms. The predicted octanol–water partition coefficient (Wildman–Crippen LogP) is 1.29. The van der Waals surface area contributed by atoms with E-state index in [4.69, 9.17) is 0 Å². The first-order chi connectivity index (χ1) is 9.13. The fourth-order valence-corrected chi connectivity index (χ4v) is 1.96. The van der Waals surface area contributed by atoms with Crippen LogP contribution in [0.4, 0.5) is 0 Å². The quantitative estimate of drug-likeness (QED) is 0.820. The number of ketones is 1. The molecule has 0 atom stereocenters. The van der Waals surface area contributed by atoms with Crippen molar-refractivity contribution in [1.82, 2.24) is 14.8 Å². The molecule has 1 aromatic rings. The van der Waals surface area contributed by atoms with Gasteiger partial charge in [-0.25, -0.2) is 0 Å². The SMILES string of the molecule is CCC(=O)C1=CN(C)CCN1C(=O)c1ccccn1. The first kappa shape index (κ1) is 13.3. The minimum absolute atomic E-state index is 0.0316. The van der Waals surface area contributed by atoms with E-state index in [1.54, 1.807) is 37.5 Å². The highest BCUT2D eigenvalue weighted by Gasteiger charge is 2.27. The number of carbonyl (C=O) groups is 2. The molecule has 0 aliphatic carbocycles. The molecular weight excluding hydrogens is 242 g/mol. The minimum Gasteiger partial charge on any atom is -0.377 e. The fraction of sp³-hybridized carbons (Fsp3) is 0.357. The largest absolute Gasteiger partial charge is 0.377 e. The molecular formula is C14H17N3O2. The molecule has 19 heavy (non-hydrogen) atoms. The Kier molecular flexibility index (Phi) is 3.94. The first-order valence-corrected chi connectivity index (χ1v) is 6.31. The van der Waals surface area contributed by atoms with Gasteiger partial charge in [-0.3, -0.25) is 14.6 Å². The molecule has 1 amide bonds. The number of likely N-dealkylation sites (N-methyl/N-ethyl adjacent to an activating group) is 1. The zero-order valence-corrected chi connectivity index (χ0v) is 11.2. The number of nitrogens with zero attached hydrogens (tertiary/aromatic N) is 3. The molecule has 1 aliphatic rings. The van der Waals surface area contributed by atoms with Crippen LogP contribution in [-0.2, 0) is 4.79 Å². The molecule has 0 unspecified atom stereocenters. The van der Waals surface area contributed by atoms with E-state index in [-0.39, 0.29) is 11.7 Å². The van der Waals surface area contributed by atoms with Crippen LogP contribution in [0.3, 0.4) is 0 Å². The van der Waals surface area contributed by atoms with Crippen molar-refractivity contribution in [3.05, 3.63) is 42.0 Å². The Balaban J connectivity index is 2.30. The number of allylic oxidation sites excluding steroid dienone is 1. The van der Waals surface area contributed by atoms with Gasteiger partial charge in [-0.1, -0.05) is 13.0 Å². The lowest BCUT2D eigenvalue weighted by molar-refractivity contribution is -0.116. The van der Waals surface area contributed by atoms with Crippen molar-refractivity contribution in [3.8, 4) is 0 Å². The lowest BCUT2D eigenvalue weighted by Crippen LogP contribution is -2.43. The summed E-state index contributed by atoms with van der Waals surface area (Å²) >= 11 is 0. The van der Waals surface area contributed by atoms with Crippen molar-refractivity contribution in [2.75, 3.05) is 20.1 Å². The normalized spacial score (nSPS) is 15.2. The summed E-state index contributed by atoms with van der Waals surface area (Å²) in [7, 11) is 1.89. The summed E-state index contributed by atoms with van der Waals surface area (Å²) in [6.45, 7) is 3.00. The topological polar surface area (TPSA) is 53.5 Å². The third-order valence-electron chi connectivity index (χ3n) is 3.05. The second-order valence-corrected chi connectivity index (χ2v) is 4.44. The van der Waals surface area contributed by atoms with Gasteiger partial charge in [0, 0.05) is 39.0 Å². The highest BCUT2D eigenvalue weighted by Crippen LogP contribution is 2.16. The zero-order valence-electron chi connectivity index (χ0n) is 11.2. The molecule has 1 aromatic heterocycles. The highest BCUT2D eigenvalue weighted by molar-refractivity contribution is 6.02. The van der Waals surface area contributed by atoms with E-state index in [1.165, 1.54) is 4.90 Å². The second kappa shape index (κ2) is 5.65. The van der Waals surface area contributed by atoms with Crippen LogP contribution in [0.2, 0.25) is 0 Å². The molecule has 1 aliphatic heterocycles. The second-order valence-electron chi connectivity index (χ2n) is 4.44. The monoisotopic (exact) mass is 259 g/mol. The summed E-state index contributed by atoms with van der Waals surface area (Å²) in [6, 6.07) is 5.19. The lowest BCUT2D eigenvalue weighted by Gasteiger charge is -2.32. The number of rotatable bonds is 3. The maximum atomic E-state index is 12.4. The van der Waals surface area contributed by atoms with Gasteiger partial charge in [0.15, 0.2) is 5.78 Å². The van der Waals surface area contributed by atoms with Gasteiger partial charge < -0.3 is 9.80 Å². The van der Waals surface area contributed by atoms with Gasteiger partial charge in [0.05, 0.1) is 0 Å². The number of Topliss-reactive ketones (excluding diaryl/α,β-unsaturated/α-hetero) is 1. The van der Waals surface area contributed by atoms with Gasteiger partial charge >= 0.3 is 0 Å². The minimum atomic E-state index is -0.221. The van der Waals surface area contributed by atoms with E-state index < -0.39 is 0 Å². The van der Waals surface area contributed by atoms with E-state index in [9.17, 15) is 9.59 Å². The molecule has 0 aromatic carbocycles. The summed E-state index contributed by atoms with van der Waals surface area (Å²) in [5.41, 5.74) is 0.814. The van der Waals surface area contributed by atoms with Gasteiger partial charge in [-0.2, -0.15) is 0 Å². The van der Waals surface area contributed by atoms with Crippen LogP contribution in [0, 0.1) is 0 Å². The smallest absolute Gasteiger partial charge is 0.277 e. The Morgan fingerprint density at radius 2 is 2.11 bits per heavy atom. The van der Waals surface area contributed by atoms with Crippen molar-refractivity contribution in [1.29, 1.82) is 0 Å². The van der Waals surface area contributed by atoms with Gasteiger partial charge in [-0.05, 0) is 12.1 Å². The summed E-state index contributed by atoms with van der Waals surface area (Å²) in [4.78, 5) is 31.8. The van der Waals surface area contributed by atoms with Crippen molar-refractivity contribution >= 4 is 11.7 Å². The molecule has 0 saturated carbocycles. The van der Waals surface area contributed by atoms with Crippen molar-refractivity contribution in [2.24, 2.45) is 0 Å². The Bertz CT molecular complexity index is 511. The average molecular weight is 259 g/mol. The van der Waals surface area contributed by atoms with Crippen molar-refractivity contribution in [3.63, 3.8) is 0 Å². The zero-order chi connectivity index (χ0) is 13.8.